The van der Waals surface area contributed by atoms with Crippen LogP contribution in [-0.2, 0) is 16.0 Å². The Morgan fingerprint density at radius 1 is 1.33 bits per heavy atom. The molecule has 2 N–H and O–H groups in total. The van der Waals surface area contributed by atoms with Crippen LogP contribution in [0.25, 0.3) is 0 Å². The summed E-state index contributed by atoms with van der Waals surface area (Å²) in [5.74, 6) is -0.205. The number of carbonyl (C=O) groups excluding carboxylic acids is 1. The first-order valence-corrected chi connectivity index (χ1v) is 5.05. The molecule has 15 heavy (non-hydrogen) atoms. The van der Waals surface area contributed by atoms with Crippen molar-refractivity contribution in [2.24, 2.45) is 0 Å². The van der Waals surface area contributed by atoms with Gasteiger partial charge in [0.05, 0.1) is 13.0 Å². The van der Waals surface area contributed by atoms with Crippen LogP contribution in [0.2, 0.25) is 0 Å². The van der Waals surface area contributed by atoms with Crippen molar-refractivity contribution in [2.75, 3.05) is 12.3 Å². The van der Waals surface area contributed by atoms with Gasteiger partial charge in [-0.25, -0.2) is 0 Å². The van der Waals surface area contributed by atoms with Crippen molar-refractivity contribution in [3.63, 3.8) is 0 Å². The molecular formula is C12H17NO2. The molecule has 0 radical (unpaired) electrons. The van der Waals surface area contributed by atoms with Gasteiger partial charge >= 0.3 is 5.97 Å². The summed E-state index contributed by atoms with van der Waals surface area (Å²) in [6, 6.07) is 3.84. The highest BCUT2D eigenvalue weighted by Gasteiger charge is 2.08. The Kier molecular flexibility index (Phi) is 3.72. The molecule has 3 heteroatoms. The average molecular weight is 207 g/mol. The van der Waals surface area contributed by atoms with Gasteiger partial charge in [0, 0.05) is 5.69 Å². The molecule has 1 aromatic carbocycles. The van der Waals surface area contributed by atoms with Gasteiger partial charge in [0.25, 0.3) is 0 Å². The number of rotatable bonds is 3. The van der Waals surface area contributed by atoms with Crippen molar-refractivity contribution >= 4 is 11.7 Å². The normalized spacial score (nSPS) is 10.1. The van der Waals surface area contributed by atoms with Gasteiger partial charge < -0.3 is 10.5 Å². The zero-order chi connectivity index (χ0) is 11.4. The van der Waals surface area contributed by atoms with E-state index in [1.807, 2.05) is 26.0 Å². The second-order valence-corrected chi connectivity index (χ2v) is 3.62. The molecule has 0 aromatic heterocycles. The number of aryl methyl sites for hydroxylation is 2. The fraction of sp³-hybridized carbons (Fsp3) is 0.417. The van der Waals surface area contributed by atoms with E-state index in [9.17, 15) is 4.79 Å². The number of ether oxygens (including phenoxy) is 1. The van der Waals surface area contributed by atoms with Gasteiger partial charge in [-0.3, -0.25) is 4.79 Å². The van der Waals surface area contributed by atoms with Crippen molar-refractivity contribution in [3.8, 4) is 0 Å². The molecule has 0 atom stereocenters. The lowest BCUT2D eigenvalue weighted by Gasteiger charge is -2.09. The van der Waals surface area contributed by atoms with E-state index < -0.39 is 0 Å². The fourth-order valence-corrected chi connectivity index (χ4v) is 1.47. The predicted octanol–water partition coefficient (Wildman–Crippen LogP) is 1.99. The molecule has 0 heterocycles. The first-order chi connectivity index (χ1) is 7.04. The Hall–Kier alpha value is -1.51. The van der Waals surface area contributed by atoms with Crippen LogP contribution in [0.3, 0.4) is 0 Å². The van der Waals surface area contributed by atoms with Crippen LogP contribution in [-0.4, -0.2) is 12.6 Å². The molecule has 1 rings (SSSR count). The van der Waals surface area contributed by atoms with Crippen molar-refractivity contribution in [1.82, 2.24) is 0 Å². The maximum atomic E-state index is 11.3. The number of hydrogen-bond acceptors (Lipinski definition) is 3. The number of nitrogens with two attached hydrogens (primary N) is 1. The monoisotopic (exact) mass is 207 g/mol. The van der Waals surface area contributed by atoms with Crippen LogP contribution < -0.4 is 5.73 Å². The highest BCUT2D eigenvalue weighted by Crippen LogP contribution is 2.18. The SMILES string of the molecule is CCOC(=O)Cc1cc(N)c(C)cc1C. The molecule has 0 aliphatic carbocycles. The summed E-state index contributed by atoms with van der Waals surface area (Å²) in [4.78, 5) is 11.3. The molecule has 0 amide bonds. The molecule has 0 aliphatic rings. The summed E-state index contributed by atoms with van der Waals surface area (Å²) in [6.07, 6.45) is 0.296. The summed E-state index contributed by atoms with van der Waals surface area (Å²) in [7, 11) is 0. The molecule has 0 unspecified atom stereocenters. The van der Waals surface area contributed by atoms with E-state index in [2.05, 4.69) is 0 Å². The Labute approximate surface area is 90.2 Å². The smallest absolute Gasteiger partial charge is 0.310 e. The summed E-state index contributed by atoms with van der Waals surface area (Å²) < 4.78 is 4.89. The fourth-order valence-electron chi connectivity index (χ4n) is 1.47. The maximum Gasteiger partial charge on any atom is 0.310 e. The molecule has 3 nitrogen and oxygen atoms in total. The van der Waals surface area contributed by atoms with E-state index in [0.717, 1.165) is 22.4 Å². The van der Waals surface area contributed by atoms with Crippen molar-refractivity contribution < 1.29 is 9.53 Å². The molecule has 82 valence electrons. The van der Waals surface area contributed by atoms with Gasteiger partial charge in [0.15, 0.2) is 0 Å². The summed E-state index contributed by atoms with van der Waals surface area (Å²) in [5.41, 5.74) is 9.57. The van der Waals surface area contributed by atoms with Crippen LogP contribution in [0.1, 0.15) is 23.6 Å². The Morgan fingerprint density at radius 3 is 2.60 bits per heavy atom. The lowest BCUT2D eigenvalue weighted by molar-refractivity contribution is -0.142. The summed E-state index contributed by atoms with van der Waals surface area (Å²) >= 11 is 0. The Morgan fingerprint density at radius 2 is 2.00 bits per heavy atom. The number of carbonyl (C=O) groups is 1. The molecule has 0 saturated carbocycles. The highest BCUT2D eigenvalue weighted by atomic mass is 16.5. The first-order valence-electron chi connectivity index (χ1n) is 5.05. The molecule has 1 aromatic rings. The van der Waals surface area contributed by atoms with Crippen molar-refractivity contribution in [3.05, 3.63) is 28.8 Å². The van der Waals surface area contributed by atoms with Gasteiger partial charge in [-0.2, -0.15) is 0 Å². The van der Waals surface area contributed by atoms with E-state index in [1.54, 1.807) is 6.92 Å². The lowest BCUT2D eigenvalue weighted by atomic mass is 10.0. The second-order valence-electron chi connectivity index (χ2n) is 3.62. The number of benzene rings is 1. The topological polar surface area (TPSA) is 52.3 Å². The third-order valence-corrected chi connectivity index (χ3v) is 2.36. The van der Waals surface area contributed by atoms with Gasteiger partial charge in [-0.05, 0) is 43.5 Å². The molecule has 0 spiro atoms. The lowest BCUT2D eigenvalue weighted by Crippen LogP contribution is -2.09. The standard InChI is InChI=1S/C12H17NO2/c1-4-15-12(14)7-10-6-11(13)9(3)5-8(10)2/h5-6H,4,7,13H2,1-3H3. The number of anilines is 1. The summed E-state index contributed by atoms with van der Waals surface area (Å²) in [6.45, 7) is 6.14. The van der Waals surface area contributed by atoms with E-state index in [0.29, 0.717) is 13.0 Å². The van der Waals surface area contributed by atoms with Gasteiger partial charge in [0.1, 0.15) is 0 Å². The zero-order valence-electron chi connectivity index (χ0n) is 9.46. The van der Waals surface area contributed by atoms with Gasteiger partial charge in [-0.1, -0.05) is 6.07 Å². The van der Waals surface area contributed by atoms with Crippen LogP contribution in [0.4, 0.5) is 5.69 Å². The van der Waals surface area contributed by atoms with Gasteiger partial charge in [-0.15, -0.1) is 0 Å². The van der Waals surface area contributed by atoms with Crippen LogP contribution in [0.5, 0.6) is 0 Å². The molecule has 0 aliphatic heterocycles. The third kappa shape index (κ3) is 2.98. The van der Waals surface area contributed by atoms with Crippen molar-refractivity contribution in [1.29, 1.82) is 0 Å². The van der Waals surface area contributed by atoms with Crippen LogP contribution >= 0.6 is 0 Å². The predicted molar refractivity (Wildman–Crippen MR) is 60.7 cm³/mol. The Balaban J connectivity index is 2.86. The number of esters is 1. The second kappa shape index (κ2) is 4.82. The average Bonchev–Trinajstić information content (AvgIpc) is 2.14. The van der Waals surface area contributed by atoms with Crippen LogP contribution in [0, 0.1) is 13.8 Å². The minimum atomic E-state index is -0.205. The van der Waals surface area contributed by atoms with E-state index >= 15 is 0 Å². The first kappa shape index (κ1) is 11.6. The minimum Gasteiger partial charge on any atom is -0.466 e. The molecular weight excluding hydrogens is 190 g/mol. The molecule has 0 saturated heterocycles. The highest BCUT2D eigenvalue weighted by molar-refractivity contribution is 5.73. The van der Waals surface area contributed by atoms with Crippen LogP contribution in [0.15, 0.2) is 12.1 Å². The number of hydrogen-bond donors (Lipinski definition) is 1. The Bertz CT molecular complexity index is 372. The quantitative estimate of drug-likeness (QED) is 0.609. The van der Waals surface area contributed by atoms with E-state index in [-0.39, 0.29) is 5.97 Å². The maximum absolute atomic E-state index is 11.3. The van der Waals surface area contributed by atoms with E-state index in [1.165, 1.54) is 0 Å². The molecule has 0 bridgehead atoms. The third-order valence-electron chi connectivity index (χ3n) is 2.36. The number of nitrogen functional groups attached to an aromatic ring is 1. The minimum absolute atomic E-state index is 0.205. The zero-order valence-corrected chi connectivity index (χ0v) is 9.46. The largest absolute Gasteiger partial charge is 0.466 e. The van der Waals surface area contributed by atoms with E-state index in [4.69, 9.17) is 10.5 Å². The molecule has 0 fully saturated rings. The van der Waals surface area contributed by atoms with Gasteiger partial charge in [0.2, 0.25) is 0 Å². The summed E-state index contributed by atoms with van der Waals surface area (Å²) in [5, 5.41) is 0. The van der Waals surface area contributed by atoms with Crippen molar-refractivity contribution in [2.45, 2.75) is 27.2 Å².